The molecule has 0 amide bonds. The van der Waals surface area contributed by atoms with Gasteiger partial charge >= 0.3 is 0 Å². The normalized spacial score (nSPS) is 10.4. The van der Waals surface area contributed by atoms with E-state index in [4.69, 9.17) is 0 Å². The first kappa shape index (κ1) is 17.1. The summed E-state index contributed by atoms with van der Waals surface area (Å²) in [6.45, 7) is 3.58. The lowest BCUT2D eigenvalue weighted by Gasteiger charge is -2.10. The van der Waals surface area contributed by atoms with Crippen LogP contribution in [0.25, 0.3) is 0 Å². The summed E-state index contributed by atoms with van der Waals surface area (Å²) in [6.07, 6.45) is 1.68. The second-order valence-corrected chi connectivity index (χ2v) is 6.49. The predicted octanol–water partition coefficient (Wildman–Crippen LogP) is 5.24. The number of aryl methyl sites for hydroxylation is 1. The number of anilines is 4. The van der Waals surface area contributed by atoms with Gasteiger partial charge in [0.25, 0.3) is 0 Å². The molecule has 0 bridgehead atoms. The van der Waals surface area contributed by atoms with Gasteiger partial charge in [0.2, 0.25) is 5.95 Å². The highest BCUT2D eigenvalue weighted by molar-refractivity contribution is 9.10. The van der Waals surface area contributed by atoms with Crippen molar-refractivity contribution >= 4 is 44.9 Å². The maximum absolute atomic E-state index is 11.3. The molecule has 126 valence electrons. The van der Waals surface area contributed by atoms with Gasteiger partial charge in [0.15, 0.2) is 5.78 Å². The Morgan fingerprint density at radius 2 is 1.80 bits per heavy atom. The minimum atomic E-state index is 0.0451. The van der Waals surface area contributed by atoms with Crippen LogP contribution in [-0.4, -0.2) is 15.8 Å². The zero-order valence-corrected chi connectivity index (χ0v) is 15.5. The first-order chi connectivity index (χ1) is 12.0. The van der Waals surface area contributed by atoms with E-state index < -0.39 is 0 Å². The van der Waals surface area contributed by atoms with Gasteiger partial charge < -0.3 is 10.6 Å². The molecule has 3 aromatic rings. The molecular weight excluding hydrogens is 380 g/mol. The summed E-state index contributed by atoms with van der Waals surface area (Å²) in [5, 5.41) is 6.40. The smallest absolute Gasteiger partial charge is 0.229 e. The molecule has 0 unspecified atom stereocenters. The van der Waals surface area contributed by atoms with E-state index in [0.717, 1.165) is 15.8 Å². The average Bonchev–Trinajstić information content (AvgIpc) is 2.58. The summed E-state index contributed by atoms with van der Waals surface area (Å²) >= 11 is 3.53. The second-order valence-electron chi connectivity index (χ2n) is 5.63. The number of benzene rings is 2. The van der Waals surface area contributed by atoms with Gasteiger partial charge in [-0.1, -0.05) is 6.07 Å². The van der Waals surface area contributed by atoms with Gasteiger partial charge in [-0.3, -0.25) is 4.79 Å². The summed E-state index contributed by atoms with van der Waals surface area (Å²) in [5.41, 5.74) is 3.60. The molecule has 5 nitrogen and oxygen atoms in total. The van der Waals surface area contributed by atoms with Crippen molar-refractivity contribution in [3.63, 3.8) is 0 Å². The van der Waals surface area contributed by atoms with Crippen molar-refractivity contribution in [1.82, 2.24) is 9.97 Å². The molecule has 6 heteroatoms. The number of hydrogen-bond donors (Lipinski definition) is 2. The van der Waals surface area contributed by atoms with Crippen molar-refractivity contribution in [3.8, 4) is 0 Å². The summed E-state index contributed by atoms with van der Waals surface area (Å²) < 4.78 is 0.953. The van der Waals surface area contributed by atoms with Gasteiger partial charge in [-0.25, -0.2) is 4.98 Å². The third-order valence-corrected chi connectivity index (χ3v) is 4.25. The van der Waals surface area contributed by atoms with Gasteiger partial charge in [0.05, 0.1) is 5.69 Å². The number of Topliss-reactive ketones (excluding diaryl/α,β-unsaturated/α-hetero) is 1. The van der Waals surface area contributed by atoms with Crippen molar-refractivity contribution < 1.29 is 4.79 Å². The molecule has 0 fully saturated rings. The van der Waals surface area contributed by atoms with E-state index in [0.29, 0.717) is 17.3 Å². The van der Waals surface area contributed by atoms with Crippen LogP contribution in [0.1, 0.15) is 22.8 Å². The van der Waals surface area contributed by atoms with E-state index in [1.165, 1.54) is 5.56 Å². The molecule has 0 spiro atoms. The summed E-state index contributed by atoms with van der Waals surface area (Å²) in [5.74, 6) is 1.20. The quantitative estimate of drug-likeness (QED) is 0.577. The Kier molecular flexibility index (Phi) is 5.09. The zero-order chi connectivity index (χ0) is 17.8. The van der Waals surface area contributed by atoms with E-state index in [-0.39, 0.29) is 5.78 Å². The lowest BCUT2D eigenvalue weighted by molar-refractivity contribution is 0.101. The third-order valence-electron chi connectivity index (χ3n) is 3.59. The van der Waals surface area contributed by atoms with Crippen molar-refractivity contribution in [2.45, 2.75) is 13.8 Å². The summed E-state index contributed by atoms with van der Waals surface area (Å²) in [6, 6.07) is 15.1. The van der Waals surface area contributed by atoms with E-state index in [1.807, 2.05) is 37.3 Å². The summed E-state index contributed by atoms with van der Waals surface area (Å²) in [7, 11) is 0. The number of ketones is 1. The Morgan fingerprint density at radius 1 is 1.04 bits per heavy atom. The second kappa shape index (κ2) is 7.44. The van der Waals surface area contributed by atoms with Gasteiger partial charge in [0, 0.05) is 21.9 Å². The fraction of sp³-hybridized carbons (Fsp3) is 0.105. The molecule has 3 rings (SSSR count). The van der Waals surface area contributed by atoms with Gasteiger partial charge in [-0.05, 0) is 77.8 Å². The molecule has 1 heterocycles. The van der Waals surface area contributed by atoms with Crippen LogP contribution in [0, 0.1) is 6.92 Å². The molecule has 0 saturated carbocycles. The van der Waals surface area contributed by atoms with Gasteiger partial charge in [-0.2, -0.15) is 4.98 Å². The number of carbonyl (C=O) groups excluding carboxylic acids is 1. The number of halogens is 1. The predicted molar refractivity (Wildman–Crippen MR) is 104 cm³/mol. The highest BCUT2D eigenvalue weighted by Crippen LogP contribution is 2.26. The Hall–Kier alpha value is -2.73. The standard InChI is InChI=1S/C19H17BrN4O/c1-12-3-8-17(16(20)11-12)23-19-21-10-9-18(24-19)22-15-6-4-14(5-7-15)13(2)25/h3-11H,1-2H3,(H2,21,22,23,24). The number of nitrogens with one attached hydrogen (secondary N) is 2. The molecule has 2 aromatic carbocycles. The summed E-state index contributed by atoms with van der Waals surface area (Å²) in [4.78, 5) is 20.0. The SMILES string of the molecule is CC(=O)c1ccc(Nc2ccnc(Nc3ccc(C)cc3Br)n2)cc1. The molecule has 0 atom stereocenters. The largest absolute Gasteiger partial charge is 0.340 e. The molecule has 1 aromatic heterocycles. The lowest BCUT2D eigenvalue weighted by Crippen LogP contribution is -2.01. The molecular formula is C19H17BrN4O. The van der Waals surface area contributed by atoms with Gasteiger partial charge in [-0.15, -0.1) is 0 Å². The highest BCUT2D eigenvalue weighted by atomic mass is 79.9. The fourth-order valence-electron chi connectivity index (χ4n) is 2.27. The number of hydrogen-bond acceptors (Lipinski definition) is 5. The fourth-order valence-corrected chi connectivity index (χ4v) is 2.86. The third kappa shape index (κ3) is 4.42. The van der Waals surface area contributed by atoms with Crippen LogP contribution >= 0.6 is 15.9 Å². The van der Waals surface area contributed by atoms with E-state index in [1.54, 1.807) is 31.3 Å². The monoisotopic (exact) mass is 396 g/mol. The van der Waals surface area contributed by atoms with Crippen molar-refractivity contribution in [2.24, 2.45) is 0 Å². The zero-order valence-electron chi connectivity index (χ0n) is 13.9. The number of rotatable bonds is 5. The van der Waals surface area contributed by atoms with Crippen LogP contribution in [0.4, 0.5) is 23.1 Å². The molecule has 25 heavy (non-hydrogen) atoms. The number of carbonyl (C=O) groups is 1. The maximum Gasteiger partial charge on any atom is 0.229 e. The lowest BCUT2D eigenvalue weighted by atomic mass is 10.1. The van der Waals surface area contributed by atoms with E-state index in [9.17, 15) is 4.79 Å². The molecule has 0 aliphatic carbocycles. The van der Waals surface area contributed by atoms with Crippen LogP contribution in [0.2, 0.25) is 0 Å². The minimum absolute atomic E-state index is 0.0451. The van der Waals surface area contributed by atoms with Crippen LogP contribution < -0.4 is 10.6 Å². The molecule has 0 aliphatic heterocycles. The maximum atomic E-state index is 11.3. The Bertz CT molecular complexity index is 910. The minimum Gasteiger partial charge on any atom is -0.340 e. The molecule has 2 N–H and O–H groups in total. The van der Waals surface area contributed by atoms with Crippen LogP contribution in [0.15, 0.2) is 59.2 Å². The average molecular weight is 397 g/mol. The number of nitrogens with zero attached hydrogens (tertiary/aromatic N) is 2. The van der Waals surface area contributed by atoms with Gasteiger partial charge in [0.1, 0.15) is 5.82 Å². The topological polar surface area (TPSA) is 66.9 Å². The van der Waals surface area contributed by atoms with E-state index in [2.05, 4.69) is 36.5 Å². The highest BCUT2D eigenvalue weighted by Gasteiger charge is 2.05. The van der Waals surface area contributed by atoms with Crippen molar-refractivity contribution in [3.05, 3.63) is 70.3 Å². The van der Waals surface area contributed by atoms with E-state index >= 15 is 0 Å². The van der Waals surface area contributed by atoms with Crippen molar-refractivity contribution in [1.29, 1.82) is 0 Å². The van der Waals surface area contributed by atoms with Crippen LogP contribution in [0.3, 0.4) is 0 Å². The molecule has 0 aliphatic rings. The Balaban J connectivity index is 1.76. The number of aromatic nitrogens is 2. The first-order valence-corrected chi connectivity index (χ1v) is 8.55. The molecule has 0 radical (unpaired) electrons. The first-order valence-electron chi connectivity index (χ1n) is 7.75. The van der Waals surface area contributed by atoms with Crippen LogP contribution in [-0.2, 0) is 0 Å². The Labute approximate surface area is 154 Å². The molecule has 0 saturated heterocycles. The Morgan fingerprint density at radius 3 is 2.48 bits per heavy atom. The van der Waals surface area contributed by atoms with Crippen LogP contribution in [0.5, 0.6) is 0 Å². The van der Waals surface area contributed by atoms with Crippen molar-refractivity contribution in [2.75, 3.05) is 10.6 Å².